The van der Waals surface area contributed by atoms with Gasteiger partial charge in [0, 0.05) is 12.1 Å². The van der Waals surface area contributed by atoms with Crippen molar-refractivity contribution >= 4 is 12.3 Å². The van der Waals surface area contributed by atoms with Gasteiger partial charge in [-0.15, -0.1) is 0 Å². The number of nitrogens with zero attached hydrogens (tertiary/aromatic N) is 1. The average molecular weight is 242 g/mol. The van der Waals surface area contributed by atoms with Gasteiger partial charge in [-0.1, -0.05) is 30.0 Å². The number of carbonyl (C=O) groups excluding carboxylic acids is 1. The first-order valence-corrected chi connectivity index (χ1v) is 5.78. The zero-order chi connectivity index (χ0) is 12.6. The van der Waals surface area contributed by atoms with Crippen LogP contribution in [0.5, 0.6) is 0 Å². The minimum absolute atomic E-state index is 0.119. The molecule has 1 atom stereocenters. The van der Waals surface area contributed by atoms with Crippen LogP contribution in [0.4, 0.5) is 0 Å². The molecule has 4 heteroatoms. The fourth-order valence-electron chi connectivity index (χ4n) is 1.55. The maximum Gasteiger partial charge on any atom is 0.313 e. The molecule has 1 aliphatic rings. The average Bonchev–Trinajstić information content (AvgIpc) is 2.45. The lowest BCUT2D eigenvalue weighted by Gasteiger charge is -2.15. The molecule has 92 valence electrons. The Morgan fingerprint density at radius 1 is 1.44 bits per heavy atom. The first-order chi connectivity index (χ1) is 8.86. The van der Waals surface area contributed by atoms with Crippen molar-refractivity contribution in [1.82, 2.24) is 5.32 Å². The zero-order valence-electron chi connectivity index (χ0n) is 9.93. The highest BCUT2D eigenvalue weighted by Gasteiger charge is 2.20. The predicted octanol–water partition coefficient (Wildman–Crippen LogP) is 0.829. The van der Waals surface area contributed by atoms with Gasteiger partial charge in [-0.3, -0.25) is 9.79 Å². The molecule has 0 aliphatic carbocycles. The molecule has 1 N–H and O–H groups in total. The van der Waals surface area contributed by atoms with Gasteiger partial charge in [0.15, 0.2) is 6.61 Å². The first-order valence-electron chi connectivity index (χ1n) is 5.78. The highest BCUT2D eigenvalue weighted by molar-refractivity contribution is 5.74. The van der Waals surface area contributed by atoms with Crippen molar-refractivity contribution < 1.29 is 9.53 Å². The summed E-state index contributed by atoms with van der Waals surface area (Å²) in [5, 5.41) is 2.90. The van der Waals surface area contributed by atoms with Gasteiger partial charge in [0.2, 0.25) is 0 Å². The molecule has 0 bridgehead atoms. The Hall–Kier alpha value is -2.28. The molecule has 0 aromatic heterocycles. The lowest BCUT2D eigenvalue weighted by Crippen LogP contribution is -2.35. The summed E-state index contributed by atoms with van der Waals surface area (Å²) in [4.78, 5) is 15.6. The molecule has 0 radical (unpaired) electrons. The van der Waals surface area contributed by atoms with E-state index in [9.17, 15) is 4.79 Å². The van der Waals surface area contributed by atoms with Crippen LogP contribution in [0.1, 0.15) is 5.56 Å². The normalized spacial score (nSPS) is 17.2. The van der Waals surface area contributed by atoms with E-state index < -0.39 is 0 Å². The van der Waals surface area contributed by atoms with E-state index in [0.29, 0.717) is 13.1 Å². The van der Waals surface area contributed by atoms with E-state index in [1.165, 1.54) is 0 Å². The summed E-state index contributed by atoms with van der Waals surface area (Å²) in [5.74, 6) is 5.30. The molecule has 0 spiro atoms. The number of hydrogen-bond donors (Lipinski definition) is 1. The summed E-state index contributed by atoms with van der Waals surface area (Å²) in [6, 6.07) is 9.59. The van der Waals surface area contributed by atoms with Gasteiger partial charge < -0.3 is 10.1 Å². The number of hydrogen-bond acceptors (Lipinski definition) is 4. The third-order valence-corrected chi connectivity index (χ3v) is 2.50. The topological polar surface area (TPSA) is 50.7 Å². The standard InChI is InChI=1S/C14H14N2O2/c17-14(13-9-15-11-16-10-13)18-8-4-7-12-5-2-1-3-6-12/h1-3,5-6,11,13H,8-10H2,(H,15,16). The maximum atomic E-state index is 11.6. The molecular weight excluding hydrogens is 228 g/mol. The van der Waals surface area contributed by atoms with Crippen LogP contribution in [0.3, 0.4) is 0 Å². The quantitative estimate of drug-likeness (QED) is 0.617. The Kier molecular flexibility index (Phi) is 4.37. The minimum Gasteiger partial charge on any atom is -0.452 e. The Labute approximate surface area is 106 Å². The fourth-order valence-corrected chi connectivity index (χ4v) is 1.55. The van der Waals surface area contributed by atoms with Crippen molar-refractivity contribution in [3.63, 3.8) is 0 Å². The maximum absolute atomic E-state index is 11.6. The third kappa shape index (κ3) is 3.63. The molecule has 1 aromatic carbocycles. The molecule has 2 rings (SSSR count). The van der Waals surface area contributed by atoms with Gasteiger partial charge in [0.25, 0.3) is 0 Å². The summed E-state index contributed by atoms with van der Waals surface area (Å²) in [5.41, 5.74) is 0.914. The van der Waals surface area contributed by atoms with E-state index in [1.54, 1.807) is 6.34 Å². The van der Waals surface area contributed by atoms with Crippen LogP contribution < -0.4 is 5.32 Å². The van der Waals surface area contributed by atoms with Crippen molar-refractivity contribution in [2.24, 2.45) is 10.9 Å². The summed E-state index contributed by atoms with van der Waals surface area (Å²) >= 11 is 0. The SMILES string of the molecule is O=C(OCC#Cc1ccccc1)C1CN=CNC1. The monoisotopic (exact) mass is 242 g/mol. The molecule has 0 saturated heterocycles. The van der Waals surface area contributed by atoms with E-state index in [2.05, 4.69) is 22.2 Å². The van der Waals surface area contributed by atoms with E-state index in [1.807, 2.05) is 30.3 Å². The molecule has 0 amide bonds. The molecule has 0 saturated carbocycles. The number of benzene rings is 1. The zero-order valence-corrected chi connectivity index (χ0v) is 9.93. The number of aliphatic imine (C=N–C) groups is 1. The number of ether oxygens (including phenoxy) is 1. The number of rotatable bonds is 2. The molecule has 1 heterocycles. The first kappa shape index (κ1) is 12.2. The molecule has 1 aromatic rings. The minimum atomic E-state index is -0.248. The molecule has 1 unspecified atom stereocenters. The van der Waals surface area contributed by atoms with Crippen LogP contribution in [-0.2, 0) is 9.53 Å². The predicted molar refractivity (Wildman–Crippen MR) is 69.1 cm³/mol. The highest BCUT2D eigenvalue weighted by atomic mass is 16.5. The van der Waals surface area contributed by atoms with E-state index in [4.69, 9.17) is 4.74 Å². The molecule has 4 nitrogen and oxygen atoms in total. The highest BCUT2D eigenvalue weighted by Crippen LogP contribution is 2.02. The number of nitrogens with one attached hydrogen (secondary N) is 1. The van der Waals surface area contributed by atoms with E-state index >= 15 is 0 Å². The van der Waals surface area contributed by atoms with Crippen LogP contribution >= 0.6 is 0 Å². The van der Waals surface area contributed by atoms with Gasteiger partial charge in [-0.25, -0.2) is 0 Å². The third-order valence-electron chi connectivity index (χ3n) is 2.50. The Bertz CT molecular complexity index is 486. The Balaban J connectivity index is 1.77. The second-order valence-electron chi connectivity index (χ2n) is 3.87. The van der Waals surface area contributed by atoms with Gasteiger partial charge in [-0.2, -0.15) is 0 Å². The van der Waals surface area contributed by atoms with Crippen LogP contribution in [0.15, 0.2) is 35.3 Å². The number of carbonyl (C=O) groups is 1. The van der Waals surface area contributed by atoms with Crippen LogP contribution in [-0.4, -0.2) is 32.0 Å². The molecule has 18 heavy (non-hydrogen) atoms. The van der Waals surface area contributed by atoms with Gasteiger partial charge in [-0.05, 0) is 12.1 Å². The van der Waals surface area contributed by atoms with Crippen LogP contribution in [0.2, 0.25) is 0 Å². The fraction of sp³-hybridized carbons (Fsp3) is 0.286. The Morgan fingerprint density at radius 3 is 3.00 bits per heavy atom. The van der Waals surface area contributed by atoms with Gasteiger partial charge in [0.1, 0.15) is 0 Å². The van der Waals surface area contributed by atoms with Crippen molar-refractivity contribution in [2.75, 3.05) is 19.7 Å². The smallest absolute Gasteiger partial charge is 0.313 e. The second kappa shape index (κ2) is 6.45. The summed E-state index contributed by atoms with van der Waals surface area (Å²) in [6.07, 6.45) is 1.61. The Morgan fingerprint density at radius 2 is 2.28 bits per heavy atom. The van der Waals surface area contributed by atoms with Crippen molar-refractivity contribution in [3.05, 3.63) is 35.9 Å². The van der Waals surface area contributed by atoms with E-state index in [-0.39, 0.29) is 18.5 Å². The van der Waals surface area contributed by atoms with Crippen molar-refractivity contribution in [3.8, 4) is 11.8 Å². The van der Waals surface area contributed by atoms with Crippen molar-refractivity contribution in [1.29, 1.82) is 0 Å². The van der Waals surface area contributed by atoms with Crippen LogP contribution in [0.25, 0.3) is 0 Å². The largest absolute Gasteiger partial charge is 0.452 e. The van der Waals surface area contributed by atoms with Crippen molar-refractivity contribution in [2.45, 2.75) is 0 Å². The lowest BCUT2D eigenvalue weighted by molar-refractivity contribution is -0.146. The van der Waals surface area contributed by atoms with Crippen LogP contribution in [0, 0.1) is 17.8 Å². The lowest BCUT2D eigenvalue weighted by atomic mass is 10.1. The van der Waals surface area contributed by atoms with Gasteiger partial charge in [0.05, 0.1) is 18.8 Å². The second-order valence-corrected chi connectivity index (χ2v) is 3.87. The molecule has 0 fully saturated rings. The summed E-state index contributed by atoms with van der Waals surface area (Å²) in [7, 11) is 0. The summed E-state index contributed by atoms with van der Waals surface area (Å²) < 4.78 is 5.08. The summed E-state index contributed by atoms with van der Waals surface area (Å²) in [6.45, 7) is 1.18. The molecule has 1 aliphatic heterocycles. The number of esters is 1. The van der Waals surface area contributed by atoms with E-state index in [0.717, 1.165) is 5.56 Å². The molecular formula is C14H14N2O2. The van der Waals surface area contributed by atoms with Gasteiger partial charge >= 0.3 is 5.97 Å².